The molecule has 0 heterocycles. The van der Waals surface area contributed by atoms with Crippen LogP contribution in [0, 0.1) is 5.92 Å². The van der Waals surface area contributed by atoms with Crippen molar-refractivity contribution in [1.29, 1.82) is 0 Å². The van der Waals surface area contributed by atoms with Crippen LogP contribution in [0.4, 0.5) is 0 Å². The van der Waals surface area contributed by atoms with Crippen molar-refractivity contribution in [2.75, 3.05) is 0 Å². The molecule has 4 heteroatoms. The number of carbonyl (C=O) groups is 1. The van der Waals surface area contributed by atoms with Crippen LogP contribution < -0.4 is 5.43 Å². The number of phenolic OH excluding ortho intramolecular Hbond substituents is 1. The molecule has 1 aliphatic rings. The minimum Gasteiger partial charge on any atom is -0.507 e. The molecule has 1 aromatic rings. The van der Waals surface area contributed by atoms with E-state index in [2.05, 4.69) is 23.5 Å². The van der Waals surface area contributed by atoms with Crippen LogP contribution >= 0.6 is 0 Å². The lowest BCUT2D eigenvalue weighted by molar-refractivity contribution is -0.125. The Labute approximate surface area is 112 Å². The fourth-order valence-electron chi connectivity index (χ4n) is 2.06. The van der Waals surface area contributed by atoms with E-state index in [1.54, 1.807) is 24.3 Å². The van der Waals surface area contributed by atoms with E-state index in [1.165, 1.54) is 11.8 Å². The first kappa shape index (κ1) is 13.3. The fourth-order valence-corrected chi connectivity index (χ4v) is 2.06. The van der Waals surface area contributed by atoms with E-state index in [4.69, 9.17) is 0 Å². The highest BCUT2D eigenvalue weighted by molar-refractivity contribution is 5.85. The van der Waals surface area contributed by atoms with Crippen molar-refractivity contribution in [3.05, 3.63) is 41.5 Å². The molecule has 0 bridgehead atoms. The van der Waals surface area contributed by atoms with Gasteiger partial charge in [-0.1, -0.05) is 23.8 Å². The van der Waals surface area contributed by atoms with Crippen LogP contribution in [0.5, 0.6) is 5.75 Å². The maximum Gasteiger partial charge on any atom is 0.243 e. The zero-order valence-electron chi connectivity index (χ0n) is 11.0. The first-order valence-corrected chi connectivity index (χ1v) is 6.43. The quantitative estimate of drug-likeness (QED) is 0.497. The SMILES string of the molecule is CC1=CCC(C(=O)NN=Cc2ccccc2O)CC1. The van der Waals surface area contributed by atoms with Gasteiger partial charge in [0, 0.05) is 11.5 Å². The van der Waals surface area contributed by atoms with Crippen LogP contribution in [0.15, 0.2) is 41.0 Å². The molecule has 19 heavy (non-hydrogen) atoms. The summed E-state index contributed by atoms with van der Waals surface area (Å²) in [5.74, 6) is 0.0948. The minimum atomic E-state index is -0.0598. The van der Waals surface area contributed by atoms with Gasteiger partial charge in [-0.3, -0.25) is 4.79 Å². The first-order chi connectivity index (χ1) is 9.16. The number of nitrogens with one attached hydrogen (secondary N) is 1. The number of para-hydroxylation sites is 1. The summed E-state index contributed by atoms with van der Waals surface area (Å²) in [5, 5.41) is 13.4. The molecule has 1 aromatic carbocycles. The third kappa shape index (κ3) is 3.68. The van der Waals surface area contributed by atoms with Gasteiger partial charge in [-0.05, 0) is 38.3 Å². The smallest absolute Gasteiger partial charge is 0.243 e. The number of nitrogens with zero attached hydrogens (tertiary/aromatic N) is 1. The van der Waals surface area contributed by atoms with E-state index in [-0.39, 0.29) is 17.6 Å². The summed E-state index contributed by atoms with van der Waals surface area (Å²) in [4.78, 5) is 11.9. The molecule has 0 radical (unpaired) electrons. The van der Waals surface area contributed by atoms with Crippen molar-refractivity contribution in [2.24, 2.45) is 11.0 Å². The molecular weight excluding hydrogens is 240 g/mol. The number of aromatic hydroxyl groups is 1. The van der Waals surface area contributed by atoms with Crippen molar-refractivity contribution in [1.82, 2.24) is 5.43 Å². The van der Waals surface area contributed by atoms with E-state index in [9.17, 15) is 9.90 Å². The van der Waals surface area contributed by atoms with E-state index >= 15 is 0 Å². The highest BCUT2D eigenvalue weighted by Crippen LogP contribution is 2.23. The Morgan fingerprint density at radius 3 is 2.95 bits per heavy atom. The molecule has 4 nitrogen and oxygen atoms in total. The Morgan fingerprint density at radius 1 is 1.47 bits per heavy atom. The second-order valence-corrected chi connectivity index (χ2v) is 4.81. The Kier molecular flexibility index (Phi) is 4.34. The van der Waals surface area contributed by atoms with Gasteiger partial charge < -0.3 is 5.11 Å². The summed E-state index contributed by atoms with van der Waals surface area (Å²) in [7, 11) is 0. The molecule has 0 saturated heterocycles. The van der Waals surface area contributed by atoms with Crippen LogP contribution in [0.1, 0.15) is 31.7 Å². The lowest BCUT2D eigenvalue weighted by atomic mass is 9.90. The Bertz CT molecular complexity index is 521. The predicted octanol–water partition coefficient (Wildman–Crippen LogP) is 2.59. The van der Waals surface area contributed by atoms with Gasteiger partial charge in [0.1, 0.15) is 5.75 Å². The number of allylic oxidation sites excluding steroid dienone is 2. The monoisotopic (exact) mass is 258 g/mol. The van der Waals surface area contributed by atoms with Crippen molar-refractivity contribution in [2.45, 2.75) is 26.2 Å². The second-order valence-electron chi connectivity index (χ2n) is 4.81. The standard InChI is InChI=1S/C15H18N2O2/c1-11-6-8-12(9-7-11)15(19)17-16-10-13-4-2-3-5-14(13)18/h2-6,10,12,18H,7-9H2,1H3,(H,17,19). The minimum absolute atomic E-state index is 0.00483. The summed E-state index contributed by atoms with van der Waals surface area (Å²) >= 11 is 0. The van der Waals surface area contributed by atoms with Crippen molar-refractivity contribution in [3.8, 4) is 5.75 Å². The molecule has 1 atom stereocenters. The van der Waals surface area contributed by atoms with Gasteiger partial charge in [0.25, 0.3) is 0 Å². The number of hydrogen-bond donors (Lipinski definition) is 2. The average Bonchev–Trinajstić information content (AvgIpc) is 2.41. The van der Waals surface area contributed by atoms with Crippen molar-refractivity contribution in [3.63, 3.8) is 0 Å². The predicted molar refractivity (Wildman–Crippen MR) is 74.9 cm³/mol. The van der Waals surface area contributed by atoms with Gasteiger partial charge in [0.15, 0.2) is 0 Å². The highest BCUT2D eigenvalue weighted by atomic mass is 16.3. The number of hydrogen-bond acceptors (Lipinski definition) is 3. The van der Waals surface area contributed by atoms with Gasteiger partial charge in [-0.25, -0.2) is 5.43 Å². The van der Waals surface area contributed by atoms with Gasteiger partial charge in [0.2, 0.25) is 5.91 Å². The zero-order valence-corrected chi connectivity index (χ0v) is 11.0. The van der Waals surface area contributed by atoms with Gasteiger partial charge in [-0.2, -0.15) is 5.10 Å². The molecule has 100 valence electrons. The van der Waals surface area contributed by atoms with Crippen LogP contribution in [0.3, 0.4) is 0 Å². The van der Waals surface area contributed by atoms with Gasteiger partial charge in [-0.15, -0.1) is 0 Å². The molecule has 0 aliphatic heterocycles. The Balaban J connectivity index is 1.89. The van der Waals surface area contributed by atoms with Crippen LogP contribution in [0.25, 0.3) is 0 Å². The van der Waals surface area contributed by atoms with Crippen molar-refractivity contribution < 1.29 is 9.90 Å². The highest BCUT2D eigenvalue weighted by Gasteiger charge is 2.19. The molecular formula is C15H18N2O2. The molecule has 1 amide bonds. The maximum absolute atomic E-state index is 11.9. The Morgan fingerprint density at radius 2 is 2.26 bits per heavy atom. The number of rotatable bonds is 3. The van der Waals surface area contributed by atoms with Crippen molar-refractivity contribution >= 4 is 12.1 Å². The second kappa shape index (κ2) is 6.18. The van der Waals surface area contributed by atoms with E-state index in [0.717, 1.165) is 19.3 Å². The normalized spacial score (nSPS) is 19.2. The fraction of sp³-hybridized carbons (Fsp3) is 0.333. The van der Waals surface area contributed by atoms with Crippen LogP contribution in [0.2, 0.25) is 0 Å². The summed E-state index contributed by atoms with van der Waals surface area (Å²) in [6.07, 6.45) is 6.20. The number of phenols is 1. The molecule has 1 unspecified atom stereocenters. The average molecular weight is 258 g/mol. The molecule has 0 fully saturated rings. The van der Waals surface area contributed by atoms with E-state index in [1.807, 2.05) is 0 Å². The molecule has 0 saturated carbocycles. The van der Waals surface area contributed by atoms with Crippen LogP contribution in [-0.2, 0) is 4.79 Å². The van der Waals surface area contributed by atoms with Crippen LogP contribution in [-0.4, -0.2) is 17.2 Å². The maximum atomic E-state index is 11.9. The molecule has 0 aromatic heterocycles. The molecule has 2 rings (SSSR count). The Hall–Kier alpha value is -2.10. The summed E-state index contributed by atoms with van der Waals surface area (Å²) < 4.78 is 0. The summed E-state index contributed by atoms with van der Waals surface area (Å²) in [5.41, 5.74) is 4.47. The number of benzene rings is 1. The number of amides is 1. The molecule has 0 spiro atoms. The number of hydrazone groups is 1. The van der Waals surface area contributed by atoms with E-state index < -0.39 is 0 Å². The lowest BCUT2D eigenvalue weighted by Gasteiger charge is -2.18. The first-order valence-electron chi connectivity index (χ1n) is 6.43. The molecule has 2 N–H and O–H groups in total. The number of carbonyl (C=O) groups excluding carboxylic acids is 1. The third-order valence-corrected chi connectivity index (χ3v) is 3.32. The summed E-state index contributed by atoms with van der Waals surface area (Å²) in [6.45, 7) is 2.09. The third-order valence-electron chi connectivity index (χ3n) is 3.32. The van der Waals surface area contributed by atoms with E-state index in [0.29, 0.717) is 5.56 Å². The zero-order chi connectivity index (χ0) is 13.7. The van der Waals surface area contributed by atoms with Gasteiger partial charge in [0.05, 0.1) is 6.21 Å². The largest absolute Gasteiger partial charge is 0.507 e. The molecule has 1 aliphatic carbocycles. The topological polar surface area (TPSA) is 61.7 Å². The lowest BCUT2D eigenvalue weighted by Crippen LogP contribution is -2.27. The summed E-state index contributed by atoms with van der Waals surface area (Å²) in [6, 6.07) is 6.86. The van der Waals surface area contributed by atoms with Gasteiger partial charge >= 0.3 is 0 Å².